The van der Waals surface area contributed by atoms with Crippen molar-refractivity contribution < 1.29 is 23.4 Å². The minimum Gasteiger partial charge on any atom is -0.393 e. The molecule has 5 fully saturated rings. The first-order chi connectivity index (χ1) is 18.0. The van der Waals surface area contributed by atoms with Crippen molar-refractivity contribution in [1.29, 1.82) is 0 Å². The molecule has 4 aliphatic carbocycles. The van der Waals surface area contributed by atoms with E-state index in [1.807, 2.05) is 0 Å². The molecule has 0 aromatic heterocycles. The Morgan fingerprint density at radius 2 is 1.66 bits per heavy atom. The molecule has 4 saturated carbocycles. The van der Waals surface area contributed by atoms with Gasteiger partial charge in [0.25, 0.3) is 0 Å². The van der Waals surface area contributed by atoms with E-state index in [2.05, 4.69) is 30.8 Å². The number of nitrogens with zero attached hydrogens (tertiary/aromatic N) is 1. The van der Waals surface area contributed by atoms with Gasteiger partial charge in [-0.25, -0.2) is 9.52 Å². The molecular weight excluding hydrogens is 502 g/mol. The maximum atomic E-state index is 12.3. The summed E-state index contributed by atoms with van der Waals surface area (Å²) in [5.41, 5.74) is 0.426. The topological polar surface area (TPSA) is 119 Å². The summed E-state index contributed by atoms with van der Waals surface area (Å²) in [6, 6.07) is -0.635. The van der Waals surface area contributed by atoms with Crippen LogP contribution >= 0.6 is 0 Å². The van der Waals surface area contributed by atoms with Crippen LogP contribution in [0.5, 0.6) is 0 Å². The second-order valence-corrected chi connectivity index (χ2v) is 15.5. The lowest BCUT2D eigenvalue weighted by Crippen LogP contribution is -2.62. The Hall–Kier alpha value is -0.900. The van der Waals surface area contributed by atoms with Crippen molar-refractivity contribution >= 4 is 16.2 Å². The van der Waals surface area contributed by atoms with Crippen LogP contribution in [0.3, 0.4) is 0 Å². The highest BCUT2D eigenvalue weighted by Crippen LogP contribution is 2.69. The molecule has 38 heavy (non-hydrogen) atoms. The normalized spacial score (nSPS) is 45.2. The van der Waals surface area contributed by atoms with E-state index in [9.17, 15) is 23.4 Å². The quantitative estimate of drug-likeness (QED) is 0.355. The fraction of sp³-hybridized carbons (Fsp3) is 0.966. The molecule has 9 heteroatoms. The zero-order valence-electron chi connectivity index (χ0n) is 23.7. The minimum absolute atomic E-state index is 0.208. The molecule has 10 atom stereocenters. The number of carbonyl (C=O) groups is 1. The van der Waals surface area contributed by atoms with Gasteiger partial charge in [-0.1, -0.05) is 27.2 Å². The predicted octanol–water partition coefficient (Wildman–Crippen LogP) is 4.03. The van der Waals surface area contributed by atoms with Gasteiger partial charge < -0.3 is 15.5 Å². The van der Waals surface area contributed by atoms with E-state index in [0.29, 0.717) is 49.2 Å². The Morgan fingerprint density at radius 1 is 0.974 bits per heavy atom. The van der Waals surface area contributed by atoms with Crippen molar-refractivity contribution in [2.75, 3.05) is 19.6 Å². The van der Waals surface area contributed by atoms with E-state index in [4.69, 9.17) is 0 Å². The Bertz CT molecular complexity index is 971. The van der Waals surface area contributed by atoms with Crippen molar-refractivity contribution in [3.63, 3.8) is 0 Å². The molecule has 4 N–H and O–H groups in total. The van der Waals surface area contributed by atoms with Crippen LogP contribution in [0.15, 0.2) is 0 Å². The Morgan fingerprint density at radius 3 is 2.37 bits per heavy atom. The summed E-state index contributed by atoms with van der Waals surface area (Å²) in [4.78, 5) is 12.2. The predicted molar refractivity (Wildman–Crippen MR) is 147 cm³/mol. The molecule has 1 heterocycles. The fourth-order valence-electron chi connectivity index (χ4n) is 10.2. The molecule has 5 aliphatic rings. The first-order valence-electron chi connectivity index (χ1n) is 15.4. The smallest absolute Gasteiger partial charge is 0.329 e. The fourth-order valence-corrected chi connectivity index (χ4v) is 11.4. The lowest BCUT2D eigenvalue weighted by Gasteiger charge is -2.64. The number of rotatable bonds is 7. The van der Waals surface area contributed by atoms with Gasteiger partial charge in [0, 0.05) is 19.6 Å². The van der Waals surface area contributed by atoms with Crippen molar-refractivity contribution in [1.82, 2.24) is 14.3 Å². The van der Waals surface area contributed by atoms with Gasteiger partial charge in [-0.3, -0.25) is 0 Å². The van der Waals surface area contributed by atoms with Crippen molar-refractivity contribution in [3.8, 4) is 0 Å². The maximum Gasteiger partial charge on any atom is 0.329 e. The summed E-state index contributed by atoms with van der Waals surface area (Å²) in [6.07, 6.45) is 11.5. The second-order valence-electron chi connectivity index (χ2n) is 13.8. The summed E-state index contributed by atoms with van der Waals surface area (Å²) in [5, 5.41) is 25.1. The van der Waals surface area contributed by atoms with Gasteiger partial charge in [-0.2, -0.15) is 12.7 Å². The number of hydrogen-bond acceptors (Lipinski definition) is 5. The lowest BCUT2D eigenvalue weighted by molar-refractivity contribution is -0.202. The van der Waals surface area contributed by atoms with E-state index < -0.39 is 16.2 Å². The summed E-state index contributed by atoms with van der Waals surface area (Å²) in [7, 11) is -3.74. The molecule has 0 unspecified atom stereocenters. The van der Waals surface area contributed by atoms with Gasteiger partial charge in [-0.15, -0.1) is 0 Å². The first kappa shape index (κ1) is 28.6. The minimum atomic E-state index is -3.74. The SMILES string of the molecule is CC[C@H]1[C@@H](O)[C@@H]2[C@H](CC[C@]3(C)[C@@H](CCCNC(=O)NS(=O)(=O)N4CCCC4)CC[C@@H]23)[C@@]2(C)CC[C@@H](O)C[C@@H]12. The van der Waals surface area contributed by atoms with Gasteiger partial charge in [0.15, 0.2) is 0 Å². The molecule has 0 aromatic rings. The van der Waals surface area contributed by atoms with E-state index in [0.717, 1.165) is 51.4 Å². The number of aliphatic hydroxyl groups excluding tert-OH is 2. The highest BCUT2D eigenvalue weighted by Gasteiger charge is 2.64. The van der Waals surface area contributed by atoms with Crippen LogP contribution in [0.4, 0.5) is 4.79 Å². The van der Waals surface area contributed by atoms with E-state index in [-0.39, 0.29) is 29.0 Å². The average molecular weight is 554 g/mol. The van der Waals surface area contributed by atoms with Gasteiger partial charge in [-0.05, 0) is 117 Å². The molecule has 0 radical (unpaired) electrons. The number of amides is 2. The molecule has 2 amide bonds. The Balaban J connectivity index is 1.18. The lowest BCUT2D eigenvalue weighted by atomic mass is 9.41. The van der Waals surface area contributed by atoms with E-state index in [1.165, 1.54) is 30.0 Å². The number of nitrogens with one attached hydrogen (secondary N) is 2. The Labute approximate surface area is 229 Å². The number of aliphatic hydroxyl groups is 2. The highest BCUT2D eigenvalue weighted by molar-refractivity contribution is 7.87. The molecule has 1 saturated heterocycles. The van der Waals surface area contributed by atoms with Crippen LogP contribution in [0.1, 0.15) is 97.8 Å². The average Bonchev–Trinajstić information content (AvgIpc) is 3.52. The maximum absolute atomic E-state index is 12.3. The second kappa shape index (κ2) is 10.8. The monoisotopic (exact) mass is 553 g/mol. The molecule has 1 aliphatic heterocycles. The van der Waals surface area contributed by atoms with Gasteiger partial charge >= 0.3 is 16.2 Å². The Kier molecular flexibility index (Phi) is 8.15. The summed E-state index contributed by atoms with van der Waals surface area (Å²) >= 11 is 0. The summed E-state index contributed by atoms with van der Waals surface area (Å²) < 4.78 is 28.1. The molecule has 0 spiro atoms. The van der Waals surface area contributed by atoms with E-state index in [1.54, 1.807) is 0 Å². The number of fused-ring (bicyclic) bond motifs is 5. The third kappa shape index (κ3) is 4.92. The van der Waals surface area contributed by atoms with Crippen LogP contribution in [0.25, 0.3) is 0 Å². The summed E-state index contributed by atoms with van der Waals surface area (Å²) in [5.74, 6) is 2.68. The van der Waals surface area contributed by atoms with Crippen LogP contribution in [0.2, 0.25) is 0 Å². The van der Waals surface area contributed by atoms with Crippen LogP contribution in [-0.4, -0.2) is 60.8 Å². The summed E-state index contributed by atoms with van der Waals surface area (Å²) in [6.45, 7) is 8.57. The number of carbonyl (C=O) groups excluding carboxylic acids is 1. The van der Waals surface area contributed by atoms with E-state index >= 15 is 0 Å². The highest BCUT2D eigenvalue weighted by atomic mass is 32.2. The molecule has 218 valence electrons. The first-order valence-corrected chi connectivity index (χ1v) is 16.9. The largest absolute Gasteiger partial charge is 0.393 e. The zero-order valence-corrected chi connectivity index (χ0v) is 24.5. The van der Waals surface area contributed by atoms with Gasteiger partial charge in [0.2, 0.25) is 0 Å². The molecular formula is C29H51N3O5S. The molecule has 5 rings (SSSR count). The van der Waals surface area contributed by atoms with Crippen LogP contribution in [0, 0.1) is 46.3 Å². The third-order valence-corrected chi connectivity index (χ3v) is 13.7. The van der Waals surface area contributed by atoms with Gasteiger partial charge in [0.05, 0.1) is 12.2 Å². The number of hydrogen-bond donors (Lipinski definition) is 4. The van der Waals surface area contributed by atoms with Gasteiger partial charge in [0.1, 0.15) is 0 Å². The molecule has 8 nitrogen and oxygen atoms in total. The van der Waals surface area contributed by atoms with Crippen molar-refractivity contribution in [3.05, 3.63) is 0 Å². The standard InChI is InChI=1S/C29H51N3O5S/c1-4-21-24-18-20(33)11-13-29(24,3)23-12-14-28(2)19(9-10-22(28)25(23)26(21)34)8-7-15-30-27(35)31-38(36,37)32-16-5-6-17-32/h19-26,33-34H,4-18H2,1-3H3,(H2,30,31,35)/t19-,20+,21+,22-,23-,24-,25-,26+,28+,29+/m0/s1. The molecule has 0 bridgehead atoms. The van der Waals surface area contributed by atoms with Crippen LogP contribution < -0.4 is 10.0 Å². The van der Waals surface area contributed by atoms with Crippen molar-refractivity contribution in [2.24, 2.45) is 46.3 Å². The van der Waals surface area contributed by atoms with Crippen molar-refractivity contribution in [2.45, 2.75) is 110 Å². The zero-order chi connectivity index (χ0) is 27.3. The molecule has 0 aromatic carbocycles. The third-order valence-electron chi connectivity index (χ3n) is 12.2. The van der Waals surface area contributed by atoms with Crippen LogP contribution in [-0.2, 0) is 10.2 Å². The number of urea groups is 1.